The third-order valence-corrected chi connectivity index (χ3v) is 7.04. The molecule has 6 aliphatic rings. The van der Waals surface area contributed by atoms with E-state index in [0.717, 1.165) is 32.0 Å². The number of nitrogens with one attached hydrogen (secondary N) is 1. The number of hydrogen-bond acceptors (Lipinski definition) is 6. The van der Waals surface area contributed by atoms with Crippen molar-refractivity contribution in [3.63, 3.8) is 0 Å². The van der Waals surface area contributed by atoms with Gasteiger partial charge in [-0.25, -0.2) is 4.52 Å². The highest BCUT2D eigenvalue weighted by molar-refractivity contribution is 6.28. The van der Waals surface area contributed by atoms with Crippen LogP contribution >= 0.6 is 11.6 Å². The molecule has 7 nitrogen and oxygen atoms in total. The number of aromatic nitrogens is 3. The van der Waals surface area contributed by atoms with Crippen LogP contribution in [0.1, 0.15) is 43.1 Å². The molecule has 27 heavy (non-hydrogen) atoms. The van der Waals surface area contributed by atoms with Crippen LogP contribution in [0.5, 0.6) is 0 Å². The van der Waals surface area contributed by atoms with Crippen molar-refractivity contribution in [2.75, 3.05) is 11.9 Å². The number of nitrogens with zero attached hydrogens (tertiary/aromatic N) is 3. The van der Waals surface area contributed by atoms with Crippen LogP contribution in [0, 0.1) is 23.2 Å². The van der Waals surface area contributed by atoms with Crippen molar-refractivity contribution in [2.24, 2.45) is 23.2 Å². The second-order valence-corrected chi connectivity index (χ2v) is 8.37. The minimum atomic E-state index is -0.166. The number of ether oxygens (including phenoxy) is 1. The smallest absolute Gasteiger partial charge is 0.311 e. The Balaban J connectivity index is 1.55. The van der Waals surface area contributed by atoms with E-state index in [0.29, 0.717) is 35.5 Å². The second kappa shape index (κ2) is 5.92. The SMILES string of the molecule is CCOC(=O)[C@@H]1[C@@H](Nc2nc(Cl)nn3c(C=O)ccc23)C23CC[C@H]1C(C2)C3. The molecule has 0 aromatic carbocycles. The van der Waals surface area contributed by atoms with Crippen molar-refractivity contribution in [2.45, 2.75) is 38.6 Å². The number of fused-ring (bicyclic) bond motifs is 1. The molecule has 6 fully saturated rings. The zero-order valence-electron chi connectivity index (χ0n) is 15.0. The van der Waals surface area contributed by atoms with Crippen LogP contribution in [0.4, 0.5) is 5.82 Å². The molecule has 3 bridgehead atoms. The molecule has 0 amide bonds. The molecular weight excluding hydrogens is 368 g/mol. The van der Waals surface area contributed by atoms with Crippen molar-refractivity contribution in [3.05, 3.63) is 23.1 Å². The number of esters is 1. The van der Waals surface area contributed by atoms with Crippen LogP contribution < -0.4 is 5.32 Å². The topological polar surface area (TPSA) is 85.6 Å². The van der Waals surface area contributed by atoms with E-state index in [1.54, 1.807) is 12.1 Å². The maximum atomic E-state index is 12.8. The van der Waals surface area contributed by atoms with E-state index in [1.165, 1.54) is 4.52 Å². The first-order valence-electron chi connectivity index (χ1n) is 9.50. The summed E-state index contributed by atoms with van der Waals surface area (Å²) in [5, 5.41) is 7.71. The summed E-state index contributed by atoms with van der Waals surface area (Å²) in [5.41, 5.74) is 1.20. The quantitative estimate of drug-likeness (QED) is 0.626. The normalized spacial score (nSPS) is 33.6. The summed E-state index contributed by atoms with van der Waals surface area (Å²) in [6, 6.07) is 3.44. The Morgan fingerprint density at radius 2 is 2.30 bits per heavy atom. The first-order valence-corrected chi connectivity index (χ1v) is 9.88. The van der Waals surface area contributed by atoms with Crippen molar-refractivity contribution < 1.29 is 14.3 Å². The van der Waals surface area contributed by atoms with Gasteiger partial charge < -0.3 is 10.1 Å². The summed E-state index contributed by atoms with van der Waals surface area (Å²) in [6.07, 6.45) is 5.26. The summed E-state index contributed by atoms with van der Waals surface area (Å²) in [6.45, 7) is 2.23. The monoisotopic (exact) mass is 388 g/mol. The molecule has 2 aromatic rings. The van der Waals surface area contributed by atoms with Crippen molar-refractivity contribution >= 4 is 35.2 Å². The molecule has 0 aliphatic heterocycles. The van der Waals surface area contributed by atoms with E-state index >= 15 is 0 Å². The Kier molecular flexibility index (Phi) is 3.73. The molecule has 0 saturated heterocycles. The molecular formula is C19H21ClN4O3. The fourth-order valence-electron chi connectivity index (χ4n) is 5.82. The van der Waals surface area contributed by atoms with E-state index in [9.17, 15) is 9.59 Å². The predicted octanol–water partition coefficient (Wildman–Crippen LogP) is 2.98. The molecule has 142 valence electrons. The summed E-state index contributed by atoms with van der Waals surface area (Å²) >= 11 is 6.11. The molecule has 1 N–H and O–H groups in total. The minimum absolute atomic E-state index is 0.0374. The predicted molar refractivity (Wildman–Crippen MR) is 98.8 cm³/mol. The van der Waals surface area contributed by atoms with Crippen molar-refractivity contribution in [1.29, 1.82) is 0 Å². The van der Waals surface area contributed by atoms with Gasteiger partial charge >= 0.3 is 5.97 Å². The minimum Gasteiger partial charge on any atom is -0.466 e. The van der Waals surface area contributed by atoms with Crippen molar-refractivity contribution in [1.82, 2.24) is 14.6 Å². The van der Waals surface area contributed by atoms with Gasteiger partial charge in [-0.1, -0.05) is 0 Å². The first kappa shape index (κ1) is 17.0. The van der Waals surface area contributed by atoms with E-state index in [2.05, 4.69) is 15.4 Å². The average Bonchev–Trinajstić information content (AvgIpc) is 3.04. The van der Waals surface area contributed by atoms with Crippen LogP contribution in [0.3, 0.4) is 0 Å². The Hall–Kier alpha value is -2.15. The second-order valence-electron chi connectivity index (χ2n) is 8.04. The zero-order chi connectivity index (χ0) is 18.8. The number of anilines is 1. The van der Waals surface area contributed by atoms with Gasteiger partial charge in [-0.15, -0.1) is 5.10 Å². The number of aldehydes is 1. The van der Waals surface area contributed by atoms with Crippen molar-refractivity contribution in [3.8, 4) is 0 Å². The summed E-state index contributed by atoms with van der Waals surface area (Å²) in [5.74, 6) is 1.28. The molecule has 6 aliphatic carbocycles. The Morgan fingerprint density at radius 1 is 1.48 bits per heavy atom. The Morgan fingerprint density at radius 3 is 2.96 bits per heavy atom. The summed E-state index contributed by atoms with van der Waals surface area (Å²) in [4.78, 5) is 28.4. The first-order chi connectivity index (χ1) is 13.1. The lowest BCUT2D eigenvalue weighted by atomic mass is 9.38. The van der Waals surface area contributed by atoms with Crippen LogP contribution in [0.2, 0.25) is 5.28 Å². The van der Waals surface area contributed by atoms with Gasteiger partial charge in [0.25, 0.3) is 0 Å². The molecule has 0 unspecified atom stereocenters. The van der Waals surface area contributed by atoms with Gasteiger partial charge in [0.05, 0.1) is 12.5 Å². The highest BCUT2D eigenvalue weighted by Gasteiger charge is 2.66. The van der Waals surface area contributed by atoms with E-state index in [-0.39, 0.29) is 28.6 Å². The molecule has 2 aromatic heterocycles. The lowest BCUT2D eigenvalue weighted by molar-refractivity contribution is -0.186. The van der Waals surface area contributed by atoms with Gasteiger partial charge in [0, 0.05) is 6.04 Å². The van der Waals surface area contributed by atoms with Crippen LogP contribution in [0.15, 0.2) is 12.1 Å². The van der Waals surface area contributed by atoms with Crippen LogP contribution in [0.25, 0.3) is 5.52 Å². The average molecular weight is 389 g/mol. The van der Waals surface area contributed by atoms with Gasteiger partial charge in [-0.2, -0.15) is 4.98 Å². The fourth-order valence-corrected chi connectivity index (χ4v) is 5.98. The molecule has 2 heterocycles. The van der Waals surface area contributed by atoms with Crippen LogP contribution in [-0.4, -0.2) is 39.5 Å². The Labute approximate surface area is 161 Å². The number of hydrogen-bond donors (Lipinski definition) is 1. The molecule has 1 spiro atoms. The van der Waals surface area contributed by atoms with E-state index in [1.807, 2.05) is 6.92 Å². The van der Waals surface area contributed by atoms with E-state index < -0.39 is 0 Å². The molecule has 0 radical (unpaired) electrons. The lowest BCUT2D eigenvalue weighted by Gasteiger charge is -2.68. The molecule has 8 rings (SSSR count). The number of rotatable bonds is 5. The maximum absolute atomic E-state index is 12.8. The number of halogens is 1. The summed E-state index contributed by atoms with van der Waals surface area (Å²) < 4.78 is 6.90. The highest BCUT2D eigenvalue weighted by Crippen LogP contribution is 2.68. The van der Waals surface area contributed by atoms with Gasteiger partial charge in [0.1, 0.15) is 11.2 Å². The third-order valence-electron chi connectivity index (χ3n) is 6.88. The summed E-state index contributed by atoms with van der Waals surface area (Å²) in [7, 11) is 0. The van der Waals surface area contributed by atoms with E-state index in [4.69, 9.17) is 16.3 Å². The standard InChI is InChI=1S/C19H21ClN4O3/c1-2-27-17(26)14-12-5-6-19(7-10(12)8-19)15(14)21-16-13-4-3-11(9-25)24(13)23-18(20)22-16/h3-4,9-10,12,14-15H,2,5-8H2,1H3,(H,21,22,23)/t10?,12-,14-,15+,19?/m0/s1. The molecule has 3 atom stereocenters. The number of carbonyl (C=O) groups is 2. The molecule has 6 saturated carbocycles. The zero-order valence-corrected chi connectivity index (χ0v) is 15.8. The van der Waals surface area contributed by atoms with Gasteiger partial charge in [0.15, 0.2) is 12.1 Å². The third kappa shape index (κ3) is 2.33. The molecule has 8 heteroatoms. The Bertz CT molecular complexity index is 931. The lowest BCUT2D eigenvalue weighted by Crippen LogP contribution is -2.68. The maximum Gasteiger partial charge on any atom is 0.311 e. The van der Waals surface area contributed by atoms with Gasteiger partial charge in [0.2, 0.25) is 5.28 Å². The largest absolute Gasteiger partial charge is 0.466 e. The number of carbonyl (C=O) groups excluding carboxylic acids is 2. The van der Waals surface area contributed by atoms with Gasteiger partial charge in [-0.05, 0) is 73.6 Å². The van der Waals surface area contributed by atoms with Gasteiger partial charge in [-0.3, -0.25) is 9.59 Å². The highest BCUT2D eigenvalue weighted by atomic mass is 35.5. The van der Waals surface area contributed by atoms with Crippen LogP contribution in [-0.2, 0) is 9.53 Å². The fraction of sp³-hybridized carbons (Fsp3) is 0.579.